The van der Waals surface area contributed by atoms with Crippen LogP contribution in [0.15, 0.2) is 125 Å². The average molecular weight is 589 g/mol. The molecule has 0 aliphatic carbocycles. The van der Waals surface area contributed by atoms with Gasteiger partial charge in [0.15, 0.2) is 4.80 Å². The number of para-hydroxylation sites is 1. The van der Waals surface area contributed by atoms with Crippen molar-refractivity contribution in [2.24, 2.45) is 4.99 Å². The van der Waals surface area contributed by atoms with Crippen LogP contribution in [0, 0.1) is 0 Å². The van der Waals surface area contributed by atoms with E-state index in [4.69, 9.17) is 19.6 Å². The minimum atomic E-state index is -0.734. The summed E-state index contributed by atoms with van der Waals surface area (Å²) in [5.41, 5.74) is 4.61. The van der Waals surface area contributed by atoms with Gasteiger partial charge >= 0.3 is 5.97 Å². The zero-order valence-electron chi connectivity index (χ0n) is 23.6. The van der Waals surface area contributed by atoms with Crippen LogP contribution in [0.5, 0.6) is 5.75 Å². The molecule has 0 spiro atoms. The molecule has 1 unspecified atom stereocenters. The number of thiazole rings is 1. The molecule has 5 aromatic rings. The van der Waals surface area contributed by atoms with Gasteiger partial charge in [-0.1, -0.05) is 84.7 Å². The summed E-state index contributed by atoms with van der Waals surface area (Å²) in [6, 6.07) is 26.2. The summed E-state index contributed by atoms with van der Waals surface area (Å²) in [5, 5.41) is 4.88. The maximum absolute atomic E-state index is 14.2. The number of benzene rings is 3. The van der Waals surface area contributed by atoms with Crippen molar-refractivity contribution in [3.8, 4) is 22.7 Å². The van der Waals surface area contributed by atoms with Gasteiger partial charge in [0, 0.05) is 17.3 Å². The number of allylic oxidation sites excluding steroid dienone is 1. The van der Waals surface area contributed by atoms with Crippen molar-refractivity contribution in [1.82, 2.24) is 14.3 Å². The molecular weight excluding hydrogens is 560 g/mol. The number of carbonyl (C=O) groups excluding carboxylic acids is 1. The predicted molar refractivity (Wildman–Crippen MR) is 167 cm³/mol. The lowest BCUT2D eigenvalue weighted by atomic mass is 9.96. The normalized spacial score (nSPS) is 14.7. The number of hydrogen-bond acceptors (Lipinski definition) is 7. The summed E-state index contributed by atoms with van der Waals surface area (Å²) in [6.45, 7) is 5.45. The van der Waals surface area contributed by atoms with Gasteiger partial charge in [-0.3, -0.25) is 9.36 Å². The summed E-state index contributed by atoms with van der Waals surface area (Å²) >= 11 is 1.27. The van der Waals surface area contributed by atoms with Gasteiger partial charge in [-0.15, -0.1) is 0 Å². The minimum absolute atomic E-state index is 0.0447. The molecule has 0 fully saturated rings. The Bertz CT molecular complexity index is 2020. The van der Waals surface area contributed by atoms with E-state index in [0.29, 0.717) is 26.4 Å². The number of hydrogen-bond donors (Lipinski definition) is 0. The first-order chi connectivity index (χ1) is 21.0. The van der Waals surface area contributed by atoms with Crippen LogP contribution in [-0.2, 0) is 9.53 Å². The Balaban J connectivity index is 1.54. The Morgan fingerprint density at radius 3 is 2.40 bits per heavy atom. The summed E-state index contributed by atoms with van der Waals surface area (Å²) in [6.07, 6.45) is 5.27. The molecule has 0 saturated carbocycles. The molecule has 1 atom stereocenters. The average Bonchev–Trinajstić information content (AvgIpc) is 3.60. The third-order valence-electron chi connectivity index (χ3n) is 7.10. The van der Waals surface area contributed by atoms with Crippen LogP contribution in [0.25, 0.3) is 23.0 Å². The Morgan fingerprint density at radius 2 is 1.72 bits per heavy atom. The van der Waals surface area contributed by atoms with Gasteiger partial charge in [-0.2, -0.15) is 5.10 Å². The van der Waals surface area contributed by atoms with Gasteiger partial charge in [0.2, 0.25) is 0 Å². The number of ether oxygens (including phenoxy) is 2. The van der Waals surface area contributed by atoms with Crippen LogP contribution in [0.3, 0.4) is 0 Å². The zero-order chi connectivity index (χ0) is 29.9. The molecular formula is C34H28N4O4S. The molecule has 2 aromatic heterocycles. The lowest BCUT2D eigenvalue weighted by Gasteiger charge is -2.24. The Hall–Kier alpha value is -5.28. The van der Waals surface area contributed by atoms with Crippen LogP contribution in [-0.4, -0.2) is 34.0 Å². The number of aromatic nitrogens is 3. The van der Waals surface area contributed by atoms with E-state index in [1.54, 1.807) is 30.7 Å². The monoisotopic (exact) mass is 588 g/mol. The highest BCUT2D eigenvalue weighted by molar-refractivity contribution is 7.07. The van der Waals surface area contributed by atoms with Crippen LogP contribution in [0.1, 0.15) is 24.1 Å². The lowest BCUT2D eigenvalue weighted by Crippen LogP contribution is -2.39. The van der Waals surface area contributed by atoms with Gasteiger partial charge in [0.1, 0.15) is 12.4 Å². The van der Waals surface area contributed by atoms with Gasteiger partial charge < -0.3 is 9.47 Å². The number of esters is 1. The predicted octanol–water partition coefficient (Wildman–Crippen LogP) is 4.83. The highest BCUT2D eigenvalue weighted by atomic mass is 32.1. The van der Waals surface area contributed by atoms with E-state index in [1.807, 2.05) is 89.8 Å². The second-order valence-electron chi connectivity index (χ2n) is 9.82. The van der Waals surface area contributed by atoms with Crippen LogP contribution >= 0.6 is 11.3 Å². The SMILES string of the molecule is C=CCOC(=O)C1=C(C)N=c2s/c(=C\c3cn(-c4ccccc4)nc3-c3ccccc3)c(=O)n2C1c1ccc(OC)cc1. The lowest BCUT2D eigenvalue weighted by molar-refractivity contribution is -0.138. The highest BCUT2D eigenvalue weighted by Gasteiger charge is 2.33. The third kappa shape index (κ3) is 5.38. The molecule has 0 saturated heterocycles. The fourth-order valence-electron chi connectivity index (χ4n) is 5.06. The molecule has 1 aliphatic heterocycles. The summed E-state index contributed by atoms with van der Waals surface area (Å²) < 4.78 is 14.6. The van der Waals surface area contributed by atoms with Crippen molar-refractivity contribution in [3.05, 3.63) is 146 Å². The van der Waals surface area contributed by atoms with Crippen LogP contribution in [0.4, 0.5) is 0 Å². The molecule has 8 nitrogen and oxygen atoms in total. The first-order valence-electron chi connectivity index (χ1n) is 13.6. The molecule has 6 rings (SSSR count). The Morgan fingerprint density at radius 1 is 1.02 bits per heavy atom. The van der Waals surface area contributed by atoms with Crippen molar-refractivity contribution in [1.29, 1.82) is 0 Å². The fourth-order valence-corrected chi connectivity index (χ4v) is 6.10. The Labute approximate surface area is 251 Å². The van der Waals surface area contributed by atoms with Crippen molar-refractivity contribution >= 4 is 23.4 Å². The quantitative estimate of drug-likeness (QED) is 0.192. The Kier molecular flexibility index (Phi) is 7.72. The molecule has 3 heterocycles. The minimum Gasteiger partial charge on any atom is -0.497 e. The number of rotatable bonds is 8. The summed E-state index contributed by atoms with van der Waals surface area (Å²) in [5.74, 6) is 0.114. The van der Waals surface area contributed by atoms with E-state index in [2.05, 4.69) is 6.58 Å². The molecule has 0 amide bonds. The molecule has 43 heavy (non-hydrogen) atoms. The molecule has 214 valence electrons. The second-order valence-corrected chi connectivity index (χ2v) is 10.8. The van der Waals surface area contributed by atoms with Crippen molar-refractivity contribution < 1.29 is 14.3 Å². The van der Waals surface area contributed by atoms with E-state index in [1.165, 1.54) is 17.4 Å². The van der Waals surface area contributed by atoms with Crippen molar-refractivity contribution in [2.75, 3.05) is 13.7 Å². The zero-order valence-corrected chi connectivity index (χ0v) is 24.5. The molecule has 9 heteroatoms. The summed E-state index contributed by atoms with van der Waals surface area (Å²) in [4.78, 5) is 32.6. The van der Waals surface area contributed by atoms with E-state index in [9.17, 15) is 9.59 Å². The standard InChI is InChI=1S/C34H28N4O4S/c1-4-19-42-33(40)29-22(2)35-34-38(31(29)24-15-17-27(41-3)18-16-24)32(39)28(43-34)20-25-21-37(26-13-9-6-10-14-26)36-30(25)23-11-7-5-8-12-23/h4-18,20-21,31H,1,19H2,2-3H3/b28-20-. The number of nitrogens with zero attached hydrogens (tertiary/aromatic N) is 4. The van der Waals surface area contributed by atoms with Gasteiger partial charge in [0.05, 0.1) is 40.3 Å². The highest BCUT2D eigenvalue weighted by Crippen LogP contribution is 2.32. The van der Waals surface area contributed by atoms with Crippen LogP contribution < -0.4 is 19.6 Å². The maximum atomic E-state index is 14.2. The first kappa shape index (κ1) is 27.9. The van der Waals surface area contributed by atoms with Crippen molar-refractivity contribution in [2.45, 2.75) is 13.0 Å². The molecule has 3 aromatic carbocycles. The smallest absolute Gasteiger partial charge is 0.338 e. The van der Waals surface area contributed by atoms with Gasteiger partial charge in [0.25, 0.3) is 5.56 Å². The summed E-state index contributed by atoms with van der Waals surface area (Å²) in [7, 11) is 1.59. The maximum Gasteiger partial charge on any atom is 0.338 e. The largest absolute Gasteiger partial charge is 0.497 e. The van der Waals surface area contributed by atoms with Gasteiger partial charge in [-0.05, 0) is 42.8 Å². The second kappa shape index (κ2) is 11.9. The van der Waals surface area contributed by atoms with Crippen LogP contribution in [0.2, 0.25) is 0 Å². The third-order valence-corrected chi connectivity index (χ3v) is 8.09. The van der Waals surface area contributed by atoms with E-state index in [-0.39, 0.29) is 12.2 Å². The molecule has 0 bridgehead atoms. The van der Waals surface area contributed by atoms with Gasteiger partial charge in [-0.25, -0.2) is 14.5 Å². The number of carbonyl (C=O) groups is 1. The fraction of sp³-hybridized carbons (Fsp3) is 0.118. The molecule has 0 N–H and O–H groups in total. The number of fused-ring (bicyclic) bond motifs is 1. The topological polar surface area (TPSA) is 87.7 Å². The number of methoxy groups -OCH3 is 1. The molecule has 1 aliphatic rings. The van der Waals surface area contributed by atoms with E-state index < -0.39 is 12.0 Å². The van der Waals surface area contributed by atoms with Crippen molar-refractivity contribution in [3.63, 3.8) is 0 Å². The van der Waals surface area contributed by atoms with E-state index >= 15 is 0 Å². The van der Waals surface area contributed by atoms with E-state index in [0.717, 1.165) is 28.1 Å². The first-order valence-corrected chi connectivity index (χ1v) is 14.4. The molecule has 0 radical (unpaired) electrons.